The highest BCUT2D eigenvalue weighted by Gasteiger charge is 2.19. The molecule has 0 aliphatic carbocycles. The van der Waals surface area contributed by atoms with Gasteiger partial charge in [0.1, 0.15) is 5.75 Å². The molecule has 0 fully saturated rings. The van der Waals surface area contributed by atoms with Crippen LogP contribution in [0.15, 0.2) is 6.07 Å². The summed E-state index contributed by atoms with van der Waals surface area (Å²) in [6, 6.07) is 2.30. The Balaban J connectivity index is 3.23. The standard InChI is InChI=1S/C17H29NO/c1-11(2)9-15(7-8-18)16-10-12(3)17(19-6)14(5)13(16)4/h10-11,15H,7-9,18H2,1-6H3. The molecule has 2 nitrogen and oxygen atoms in total. The lowest BCUT2D eigenvalue weighted by Crippen LogP contribution is -2.12. The molecule has 0 aromatic heterocycles. The van der Waals surface area contributed by atoms with Crippen LogP contribution < -0.4 is 10.5 Å². The van der Waals surface area contributed by atoms with Crippen molar-refractivity contribution in [2.45, 2.75) is 53.4 Å². The van der Waals surface area contributed by atoms with Crippen LogP contribution in [0.3, 0.4) is 0 Å². The minimum Gasteiger partial charge on any atom is -0.496 e. The fourth-order valence-electron chi connectivity index (χ4n) is 3.00. The summed E-state index contributed by atoms with van der Waals surface area (Å²) in [5, 5.41) is 0. The number of nitrogens with two attached hydrogens (primary N) is 1. The average Bonchev–Trinajstić information content (AvgIpc) is 2.33. The number of hydrogen-bond donors (Lipinski definition) is 1. The lowest BCUT2D eigenvalue weighted by atomic mass is 9.83. The van der Waals surface area contributed by atoms with Gasteiger partial charge < -0.3 is 10.5 Å². The summed E-state index contributed by atoms with van der Waals surface area (Å²) in [5.74, 6) is 2.28. The Bertz CT molecular complexity index is 424. The third kappa shape index (κ3) is 3.73. The zero-order valence-corrected chi connectivity index (χ0v) is 13.3. The van der Waals surface area contributed by atoms with Gasteiger partial charge >= 0.3 is 0 Å². The van der Waals surface area contributed by atoms with E-state index in [9.17, 15) is 0 Å². The van der Waals surface area contributed by atoms with Crippen LogP contribution in [0.4, 0.5) is 0 Å². The van der Waals surface area contributed by atoms with Crippen molar-refractivity contribution in [2.24, 2.45) is 11.7 Å². The molecule has 0 saturated heterocycles. The van der Waals surface area contributed by atoms with Crippen LogP contribution in [-0.4, -0.2) is 13.7 Å². The van der Waals surface area contributed by atoms with Crippen LogP contribution >= 0.6 is 0 Å². The molecule has 19 heavy (non-hydrogen) atoms. The van der Waals surface area contributed by atoms with Gasteiger partial charge in [-0.05, 0) is 74.2 Å². The Morgan fingerprint density at radius 1 is 1.16 bits per heavy atom. The normalized spacial score (nSPS) is 12.8. The van der Waals surface area contributed by atoms with Crippen molar-refractivity contribution in [3.63, 3.8) is 0 Å². The van der Waals surface area contributed by atoms with Crippen molar-refractivity contribution in [2.75, 3.05) is 13.7 Å². The van der Waals surface area contributed by atoms with E-state index in [1.54, 1.807) is 7.11 Å². The second kappa shape index (κ2) is 6.95. The van der Waals surface area contributed by atoms with Gasteiger partial charge in [-0.25, -0.2) is 0 Å². The van der Waals surface area contributed by atoms with Crippen LogP contribution in [0, 0.1) is 26.7 Å². The molecule has 0 heterocycles. The topological polar surface area (TPSA) is 35.2 Å². The smallest absolute Gasteiger partial charge is 0.124 e. The van der Waals surface area contributed by atoms with Gasteiger partial charge in [-0.3, -0.25) is 0 Å². The first-order chi connectivity index (χ1) is 8.92. The van der Waals surface area contributed by atoms with Gasteiger partial charge in [0.2, 0.25) is 0 Å². The number of methoxy groups -OCH3 is 1. The van der Waals surface area contributed by atoms with Crippen LogP contribution in [0.25, 0.3) is 0 Å². The van der Waals surface area contributed by atoms with Gasteiger partial charge in [-0.1, -0.05) is 19.9 Å². The molecule has 1 aromatic carbocycles. The first-order valence-corrected chi connectivity index (χ1v) is 7.27. The monoisotopic (exact) mass is 263 g/mol. The first kappa shape index (κ1) is 16.0. The second-order valence-electron chi connectivity index (χ2n) is 5.97. The van der Waals surface area contributed by atoms with E-state index >= 15 is 0 Å². The van der Waals surface area contributed by atoms with Crippen LogP contribution in [0.5, 0.6) is 5.75 Å². The van der Waals surface area contributed by atoms with Crippen molar-refractivity contribution in [1.29, 1.82) is 0 Å². The molecule has 0 aliphatic heterocycles. The molecular weight excluding hydrogens is 234 g/mol. The zero-order valence-electron chi connectivity index (χ0n) is 13.3. The molecule has 1 aromatic rings. The predicted octanol–water partition coefficient (Wildman–Crippen LogP) is 4.10. The SMILES string of the molecule is COc1c(C)cc(C(CCN)CC(C)C)c(C)c1C. The molecule has 0 amide bonds. The summed E-state index contributed by atoms with van der Waals surface area (Å²) in [5.41, 5.74) is 11.1. The van der Waals surface area contributed by atoms with E-state index in [0.29, 0.717) is 11.8 Å². The van der Waals surface area contributed by atoms with Crippen molar-refractivity contribution in [3.05, 3.63) is 28.3 Å². The van der Waals surface area contributed by atoms with Gasteiger partial charge in [-0.15, -0.1) is 0 Å². The molecule has 2 heteroatoms. The lowest BCUT2D eigenvalue weighted by Gasteiger charge is -2.24. The second-order valence-corrected chi connectivity index (χ2v) is 5.97. The van der Waals surface area contributed by atoms with Gasteiger partial charge in [0.05, 0.1) is 7.11 Å². The predicted molar refractivity (Wildman–Crippen MR) is 83.1 cm³/mol. The van der Waals surface area contributed by atoms with Crippen molar-refractivity contribution >= 4 is 0 Å². The maximum absolute atomic E-state index is 5.80. The zero-order chi connectivity index (χ0) is 14.6. The third-order valence-corrected chi connectivity index (χ3v) is 3.98. The van der Waals surface area contributed by atoms with Gasteiger partial charge in [0.15, 0.2) is 0 Å². The Kier molecular flexibility index (Phi) is 5.86. The van der Waals surface area contributed by atoms with E-state index in [1.165, 1.54) is 28.7 Å². The summed E-state index contributed by atoms with van der Waals surface area (Å²) in [4.78, 5) is 0. The van der Waals surface area contributed by atoms with E-state index in [-0.39, 0.29) is 0 Å². The minimum atomic E-state index is 0.563. The van der Waals surface area contributed by atoms with Crippen molar-refractivity contribution in [1.82, 2.24) is 0 Å². The number of ether oxygens (including phenoxy) is 1. The average molecular weight is 263 g/mol. The molecule has 1 rings (SSSR count). The maximum Gasteiger partial charge on any atom is 0.124 e. The molecular formula is C17H29NO. The number of aryl methyl sites for hydroxylation is 1. The fraction of sp³-hybridized carbons (Fsp3) is 0.647. The first-order valence-electron chi connectivity index (χ1n) is 7.27. The molecule has 0 saturated carbocycles. The molecule has 0 radical (unpaired) electrons. The Hall–Kier alpha value is -1.02. The Morgan fingerprint density at radius 2 is 1.79 bits per heavy atom. The summed E-state index contributed by atoms with van der Waals surface area (Å²) >= 11 is 0. The largest absolute Gasteiger partial charge is 0.496 e. The van der Waals surface area contributed by atoms with Crippen molar-refractivity contribution in [3.8, 4) is 5.75 Å². The molecule has 0 aliphatic rings. The lowest BCUT2D eigenvalue weighted by molar-refractivity contribution is 0.407. The van der Waals surface area contributed by atoms with Crippen LogP contribution in [0.2, 0.25) is 0 Å². The minimum absolute atomic E-state index is 0.563. The van der Waals surface area contributed by atoms with E-state index in [2.05, 4.69) is 40.7 Å². The maximum atomic E-state index is 5.80. The Morgan fingerprint density at radius 3 is 2.26 bits per heavy atom. The molecule has 0 spiro atoms. The number of hydrogen-bond acceptors (Lipinski definition) is 2. The molecule has 108 valence electrons. The van der Waals surface area contributed by atoms with Gasteiger partial charge in [0.25, 0.3) is 0 Å². The highest BCUT2D eigenvalue weighted by molar-refractivity contribution is 5.50. The Labute approximate surface area is 118 Å². The number of rotatable bonds is 6. The van der Waals surface area contributed by atoms with E-state index in [1.807, 2.05) is 0 Å². The quantitative estimate of drug-likeness (QED) is 0.838. The van der Waals surface area contributed by atoms with E-state index < -0.39 is 0 Å². The summed E-state index contributed by atoms with van der Waals surface area (Å²) in [6.07, 6.45) is 2.26. The third-order valence-electron chi connectivity index (χ3n) is 3.98. The van der Waals surface area contributed by atoms with Crippen molar-refractivity contribution < 1.29 is 4.74 Å². The highest BCUT2D eigenvalue weighted by Crippen LogP contribution is 2.36. The fourth-order valence-corrected chi connectivity index (χ4v) is 3.00. The summed E-state index contributed by atoms with van der Waals surface area (Å²) in [7, 11) is 1.75. The van der Waals surface area contributed by atoms with E-state index in [0.717, 1.165) is 18.7 Å². The highest BCUT2D eigenvalue weighted by atomic mass is 16.5. The summed E-state index contributed by atoms with van der Waals surface area (Å²) in [6.45, 7) is 11.8. The van der Waals surface area contributed by atoms with E-state index in [4.69, 9.17) is 10.5 Å². The van der Waals surface area contributed by atoms with Gasteiger partial charge in [0, 0.05) is 0 Å². The molecule has 2 N–H and O–H groups in total. The van der Waals surface area contributed by atoms with Crippen LogP contribution in [0.1, 0.15) is 54.9 Å². The van der Waals surface area contributed by atoms with Gasteiger partial charge in [-0.2, -0.15) is 0 Å². The summed E-state index contributed by atoms with van der Waals surface area (Å²) < 4.78 is 5.51. The molecule has 1 atom stereocenters. The number of benzene rings is 1. The molecule has 0 bridgehead atoms. The molecule has 1 unspecified atom stereocenters. The van der Waals surface area contributed by atoms with Crippen LogP contribution in [-0.2, 0) is 0 Å².